The van der Waals surface area contributed by atoms with Crippen LogP contribution in [0.2, 0.25) is 5.02 Å². The molecule has 0 radical (unpaired) electrons. The van der Waals surface area contributed by atoms with Crippen LogP contribution in [0.5, 0.6) is 11.5 Å². The van der Waals surface area contributed by atoms with Gasteiger partial charge in [0.2, 0.25) is 0 Å². The van der Waals surface area contributed by atoms with Crippen molar-refractivity contribution in [2.75, 3.05) is 0 Å². The van der Waals surface area contributed by atoms with E-state index in [4.69, 9.17) is 26.1 Å². The van der Waals surface area contributed by atoms with Crippen LogP contribution in [0.3, 0.4) is 0 Å². The zero-order valence-electron chi connectivity index (χ0n) is 13.1. The molecule has 25 heavy (non-hydrogen) atoms. The molecule has 0 aliphatic carbocycles. The summed E-state index contributed by atoms with van der Waals surface area (Å²) in [5.74, 6) is 0.723. The van der Waals surface area contributed by atoms with Crippen LogP contribution in [0.15, 0.2) is 84.9 Å². The van der Waals surface area contributed by atoms with Crippen LogP contribution in [-0.4, -0.2) is 5.45 Å². The molecule has 0 saturated carbocycles. The van der Waals surface area contributed by atoms with Crippen LogP contribution in [0, 0.1) is 5.41 Å². The second-order valence-corrected chi connectivity index (χ2v) is 7.41. The minimum atomic E-state index is -3.95. The van der Waals surface area contributed by atoms with Gasteiger partial charge in [0.1, 0.15) is 11.5 Å². The minimum absolute atomic E-state index is 0.239. The molecule has 0 heterocycles. The van der Waals surface area contributed by atoms with Crippen molar-refractivity contribution in [2.45, 2.75) is 0 Å². The zero-order valence-corrected chi connectivity index (χ0v) is 14.8. The lowest BCUT2D eigenvalue weighted by molar-refractivity contribution is 0.402. The molecule has 0 amide bonds. The fourth-order valence-corrected chi connectivity index (χ4v) is 3.73. The average Bonchev–Trinajstić information content (AvgIpc) is 2.63. The predicted octanol–water partition coefficient (Wildman–Crippen LogP) is 6.02. The Morgan fingerprint density at radius 2 is 1.20 bits per heavy atom. The van der Waals surface area contributed by atoms with Crippen molar-refractivity contribution in [3.8, 4) is 11.5 Å². The van der Waals surface area contributed by atoms with Gasteiger partial charge in [-0.05, 0) is 36.4 Å². The largest absolute Gasteiger partial charge is 0.481 e. The normalized spacial score (nSPS) is 10.9. The SMILES string of the molecule is N=C(c1ccc(Cl)cc1)P(=O)(Oc1ccccc1)Oc1ccccc1. The molecule has 0 atom stereocenters. The number of hydrogen-bond acceptors (Lipinski definition) is 4. The molecule has 6 heteroatoms. The highest BCUT2D eigenvalue weighted by Crippen LogP contribution is 2.51. The van der Waals surface area contributed by atoms with E-state index in [1.807, 2.05) is 12.1 Å². The van der Waals surface area contributed by atoms with Crippen LogP contribution in [0.4, 0.5) is 0 Å². The Labute approximate surface area is 151 Å². The maximum Gasteiger partial charge on any atom is 0.481 e. The number of para-hydroxylation sites is 2. The summed E-state index contributed by atoms with van der Waals surface area (Å²) in [5.41, 5.74) is 0.177. The summed E-state index contributed by atoms with van der Waals surface area (Å²) in [6.45, 7) is 0. The lowest BCUT2D eigenvalue weighted by atomic mass is 10.2. The first kappa shape index (κ1) is 17.3. The predicted molar refractivity (Wildman–Crippen MR) is 100 cm³/mol. The Bertz CT molecular complexity index is 853. The zero-order chi connectivity index (χ0) is 17.7. The highest BCUT2D eigenvalue weighted by molar-refractivity contribution is 7.73. The Kier molecular flexibility index (Phi) is 5.22. The molecule has 3 rings (SSSR count). The molecular formula is C19H15ClNO3P. The third-order valence-corrected chi connectivity index (χ3v) is 5.29. The number of benzene rings is 3. The third-order valence-electron chi connectivity index (χ3n) is 3.33. The van der Waals surface area contributed by atoms with Gasteiger partial charge in [0, 0.05) is 10.6 Å². The third kappa shape index (κ3) is 4.30. The minimum Gasteiger partial charge on any atom is -0.412 e. The van der Waals surface area contributed by atoms with E-state index in [0.717, 1.165) is 0 Å². The van der Waals surface area contributed by atoms with Gasteiger partial charge < -0.3 is 9.05 Å². The molecule has 0 aliphatic heterocycles. The van der Waals surface area contributed by atoms with Gasteiger partial charge in [-0.15, -0.1) is 0 Å². The van der Waals surface area contributed by atoms with Gasteiger partial charge in [-0.1, -0.05) is 60.1 Å². The first-order chi connectivity index (χ1) is 12.1. The summed E-state index contributed by atoms with van der Waals surface area (Å²) in [7, 11) is -3.95. The fraction of sp³-hybridized carbons (Fsp3) is 0. The van der Waals surface area contributed by atoms with E-state index in [1.54, 1.807) is 72.8 Å². The van der Waals surface area contributed by atoms with Crippen LogP contribution < -0.4 is 9.05 Å². The fourth-order valence-electron chi connectivity index (χ4n) is 2.12. The van der Waals surface area contributed by atoms with E-state index in [-0.39, 0.29) is 5.45 Å². The van der Waals surface area contributed by atoms with E-state index in [0.29, 0.717) is 22.1 Å². The molecule has 0 aromatic heterocycles. The lowest BCUT2D eigenvalue weighted by Gasteiger charge is -2.20. The molecule has 0 unspecified atom stereocenters. The highest BCUT2D eigenvalue weighted by atomic mass is 35.5. The van der Waals surface area contributed by atoms with E-state index in [1.165, 1.54) is 0 Å². The monoisotopic (exact) mass is 371 g/mol. The maximum absolute atomic E-state index is 13.4. The van der Waals surface area contributed by atoms with Gasteiger partial charge in [-0.2, -0.15) is 0 Å². The Morgan fingerprint density at radius 3 is 1.64 bits per heavy atom. The van der Waals surface area contributed by atoms with Gasteiger partial charge in [0.25, 0.3) is 0 Å². The van der Waals surface area contributed by atoms with Crippen LogP contribution in [0.25, 0.3) is 0 Å². The first-order valence-corrected chi connectivity index (χ1v) is 9.43. The van der Waals surface area contributed by atoms with Crippen molar-refractivity contribution in [3.05, 3.63) is 95.5 Å². The molecule has 0 aliphatic rings. The van der Waals surface area contributed by atoms with Crippen LogP contribution in [-0.2, 0) is 4.57 Å². The summed E-state index contributed by atoms with van der Waals surface area (Å²) in [6, 6.07) is 23.8. The second-order valence-electron chi connectivity index (χ2n) is 5.16. The van der Waals surface area contributed by atoms with Crippen molar-refractivity contribution in [1.82, 2.24) is 0 Å². The second kappa shape index (κ2) is 7.56. The van der Waals surface area contributed by atoms with Gasteiger partial charge in [0.15, 0.2) is 5.45 Å². The topological polar surface area (TPSA) is 59.4 Å². The van der Waals surface area contributed by atoms with Crippen LogP contribution >= 0.6 is 19.2 Å². The van der Waals surface area contributed by atoms with E-state index >= 15 is 0 Å². The molecule has 0 saturated heterocycles. The van der Waals surface area contributed by atoms with Crippen molar-refractivity contribution >= 4 is 24.6 Å². The molecule has 0 fully saturated rings. The average molecular weight is 372 g/mol. The Morgan fingerprint density at radius 1 is 0.760 bits per heavy atom. The smallest absolute Gasteiger partial charge is 0.412 e. The highest BCUT2D eigenvalue weighted by Gasteiger charge is 2.35. The Hall–Kier alpha value is -2.55. The van der Waals surface area contributed by atoms with Crippen molar-refractivity contribution in [1.29, 1.82) is 5.41 Å². The standard InChI is InChI=1S/C19H15ClNO3P/c20-16-13-11-15(12-14-16)19(21)25(22,23-17-7-3-1-4-8-17)24-18-9-5-2-6-10-18/h1-14,21H. The molecule has 3 aromatic carbocycles. The number of nitrogens with one attached hydrogen (secondary N) is 1. The van der Waals surface area contributed by atoms with E-state index in [9.17, 15) is 4.57 Å². The van der Waals surface area contributed by atoms with Crippen molar-refractivity contribution in [3.63, 3.8) is 0 Å². The molecule has 0 spiro atoms. The van der Waals surface area contributed by atoms with Gasteiger partial charge in [-0.25, -0.2) is 4.57 Å². The summed E-state index contributed by atoms with van der Waals surface area (Å²) < 4.78 is 24.7. The molecule has 0 bridgehead atoms. The van der Waals surface area contributed by atoms with Gasteiger partial charge >= 0.3 is 7.60 Å². The maximum atomic E-state index is 13.4. The molecule has 126 valence electrons. The summed E-state index contributed by atoms with van der Waals surface area (Å²) >= 11 is 5.89. The molecular weight excluding hydrogens is 357 g/mol. The van der Waals surface area contributed by atoms with Crippen molar-refractivity contribution in [2.24, 2.45) is 0 Å². The molecule has 1 N–H and O–H groups in total. The quantitative estimate of drug-likeness (QED) is 0.426. The lowest BCUT2D eigenvalue weighted by Crippen LogP contribution is -2.12. The number of hydrogen-bond donors (Lipinski definition) is 1. The van der Waals surface area contributed by atoms with E-state index in [2.05, 4.69) is 0 Å². The summed E-state index contributed by atoms with van der Waals surface area (Å²) in [6.07, 6.45) is 0. The number of rotatable bonds is 6. The van der Waals surface area contributed by atoms with Gasteiger partial charge in [-0.3, -0.25) is 5.41 Å². The molecule has 3 aromatic rings. The number of halogens is 1. The van der Waals surface area contributed by atoms with Crippen molar-refractivity contribution < 1.29 is 13.6 Å². The van der Waals surface area contributed by atoms with Crippen LogP contribution in [0.1, 0.15) is 5.56 Å². The van der Waals surface area contributed by atoms with Gasteiger partial charge in [0.05, 0.1) is 0 Å². The Balaban J connectivity index is 1.97. The summed E-state index contributed by atoms with van der Waals surface area (Å²) in [4.78, 5) is 0. The molecule has 4 nitrogen and oxygen atoms in total. The first-order valence-electron chi connectivity index (χ1n) is 7.51. The van der Waals surface area contributed by atoms with E-state index < -0.39 is 7.60 Å². The summed E-state index contributed by atoms with van der Waals surface area (Å²) in [5, 5.41) is 8.92.